The molecule has 2 rings (SSSR count). The summed E-state index contributed by atoms with van der Waals surface area (Å²) in [4.78, 5) is 0. The molecule has 0 spiro atoms. The van der Waals surface area contributed by atoms with E-state index in [1.165, 1.54) is 33.4 Å². The Labute approximate surface area is 130 Å². The molecule has 0 amide bonds. The van der Waals surface area contributed by atoms with Crippen molar-refractivity contribution in [2.75, 3.05) is 0 Å². The first kappa shape index (κ1) is 15.1. The predicted molar refractivity (Wildman–Crippen MR) is 88.8 cm³/mol. The fourth-order valence-electron chi connectivity index (χ4n) is 2.57. The average Bonchev–Trinajstić information content (AvgIpc) is 2.40. The lowest BCUT2D eigenvalue weighted by Crippen LogP contribution is -2.03. The maximum absolute atomic E-state index is 6.10. The van der Waals surface area contributed by atoms with Crippen molar-refractivity contribution in [3.8, 4) is 5.75 Å². The van der Waals surface area contributed by atoms with Crippen LogP contribution in [0.2, 0.25) is 0 Å². The molecule has 0 aromatic heterocycles. The summed E-state index contributed by atoms with van der Waals surface area (Å²) in [6.07, 6.45) is 0. The molecular formula is C18H21BrO. The quantitative estimate of drug-likeness (QED) is 0.681. The number of alkyl halides is 1. The molecule has 0 radical (unpaired) electrons. The van der Waals surface area contributed by atoms with Crippen LogP contribution in [0.15, 0.2) is 30.3 Å². The van der Waals surface area contributed by atoms with E-state index in [1.54, 1.807) is 0 Å². The minimum atomic E-state index is 0.633. The molecule has 0 aliphatic rings. The number of ether oxygens (including phenoxy) is 1. The molecular weight excluding hydrogens is 312 g/mol. The van der Waals surface area contributed by atoms with Gasteiger partial charge in [-0.25, -0.2) is 0 Å². The second kappa shape index (κ2) is 6.45. The molecule has 0 saturated heterocycles. The monoisotopic (exact) mass is 332 g/mol. The molecule has 0 aliphatic carbocycles. The van der Waals surface area contributed by atoms with E-state index >= 15 is 0 Å². The Morgan fingerprint density at radius 3 is 1.95 bits per heavy atom. The maximum Gasteiger partial charge on any atom is 0.125 e. The van der Waals surface area contributed by atoms with Gasteiger partial charge in [0.15, 0.2) is 0 Å². The third-order valence-corrected chi connectivity index (χ3v) is 4.33. The van der Waals surface area contributed by atoms with Crippen molar-refractivity contribution in [2.24, 2.45) is 0 Å². The number of halogens is 1. The number of hydrogen-bond acceptors (Lipinski definition) is 1. The Morgan fingerprint density at radius 1 is 0.900 bits per heavy atom. The van der Waals surface area contributed by atoms with E-state index in [1.807, 2.05) is 0 Å². The summed E-state index contributed by atoms with van der Waals surface area (Å²) in [6.45, 7) is 9.13. The first-order chi connectivity index (χ1) is 9.52. The largest absolute Gasteiger partial charge is 0.488 e. The van der Waals surface area contributed by atoms with E-state index < -0.39 is 0 Å². The van der Waals surface area contributed by atoms with Gasteiger partial charge in [0.1, 0.15) is 12.4 Å². The molecule has 0 atom stereocenters. The molecule has 2 aromatic carbocycles. The molecule has 0 N–H and O–H groups in total. The van der Waals surface area contributed by atoms with Crippen molar-refractivity contribution >= 4 is 15.9 Å². The van der Waals surface area contributed by atoms with Crippen LogP contribution in [-0.4, -0.2) is 0 Å². The summed E-state index contributed by atoms with van der Waals surface area (Å²) in [5.41, 5.74) is 7.56. The van der Waals surface area contributed by atoms with Gasteiger partial charge < -0.3 is 4.74 Å². The van der Waals surface area contributed by atoms with E-state index in [4.69, 9.17) is 4.74 Å². The topological polar surface area (TPSA) is 9.23 Å². The normalized spacial score (nSPS) is 10.7. The van der Waals surface area contributed by atoms with Crippen LogP contribution in [0.5, 0.6) is 5.75 Å². The van der Waals surface area contributed by atoms with E-state index in [2.05, 4.69) is 74.0 Å². The first-order valence-corrected chi connectivity index (χ1v) is 7.99. The zero-order valence-corrected chi connectivity index (χ0v) is 14.2. The lowest BCUT2D eigenvalue weighted by atomic mass is 10.0. The summed E-state index contributed by atoms with van der Waals surface area (Å²) in [7, 11) is 0. The Kier molecular flexibility index (Phi) is 4.87. The molecule has 0 aliphatic heterocycles. The van der Waals surface area contributed by atoms with Gasteiger partial charge in [-0.3, -0.25) is 0 Å². The molecule has 0 heterocycles. The number of rotatable bonds is 4. The third-order valence-electron chi connectivity index (χ3n) is 3.68. The second-order valence-corrected chi connectivity index (χ2v) is 5.91. The van der Waals surface area contributed by atoms with E-state index in [-0.39, 0.29) is 0 Å². The van der Waals surface area contributed by atoms with Gasteiger partial charge in [0.25, 0.3) is 0 Å². The van der Waals surface area contributed by atoms with Crippen LogP contribution in [0, 0.1) is 27.7 Å². The minimum absolute atomic E-state index is 0.633. The van der Waals surface area contributed by atoms with Crippen LogP contribution in [0.4, 0.5) is 0 Å². The van der Waals surface area contributed by atoms with E-state index in [0.29, 0.717) is 6.61 Å². The zero-order chi connectivity index (χ0) is 14.7. The molecule has 2 heteroatoms. The van der Waals surface area contributed by atoms with Crippen molar-refractivity contribution in [2.45, 2.75) is 39.6 Å². The number of hydrogen-bond donors (Lipinski definition) is 0. The van der Waals surface area contributed by atoms with Crippen molar-refractivity contribution in [3.05, 3.63) is 63.7 Å². The van der Waals surface area contributed by atoms with Crippen LogP contribution in [0.25, 0.3) is 0 Å². The van der Waals surface area contributed by atoms with Crippen molar-refractivity contribution < 1.29 is 4.74 Å². The SMILES string of the molecule is Cc1cccc(C)c1COc1c(C)cc(CBr)cc1C. The van der Waals surface area contributed by atoms with Crippen LogP contribution in [0.1, 0.15) is 33.4 Å². The Bertz CT molecular complexity index is 574. The zero-order valence-electron chi connectivity index (χ0n) is 12.6. The molecule has 1 nitrogen and oxygen atoms in total. The highest BCUT2D eigenvalue weighted by Crippen LogP contribution is 2.27. The Hall–Kier alpha value is -1.28. The van der Waals surface area contributed by atoms with Gasteiger partial charge >= 0.3 is 0 Å². The van der Waals surface area contributed by atoms with Gasteiger partial charge in [0, 0.05) is 5.33 Å². The van der Waals surface area contributed by atoms with Crippen LogP contribution in [-0.2, 0) is 11.9 Å². The van der Waals surface area contributed by atoms with Crippen LogP contribution in [0.3, 0.4) is 0 Å². The minimum Gasteiger partial charge on any atom is -0.488 e. The maximum atomic E-state index is 6.10. The van der Waals surface area contributed by atoms with Crippen molar-refractivity contribution in [1.29, 1.82) is 0 Å². The van der Waals surface area contributed by atoms with Crippen molar-refractivity contribution in [3.63, 3.8) is 0 Å². The average molecular weight is 333 g/mol. The number of benzene rings is 2. The third kappa shape index (κ3) is 3.24. The van der Waals surface area contributed by atoms with Crippen molar-refractivity contribution in [1.82, 2.24) is 0 Å². The molecule has 0 bridgehead atoms. The smallest absolute Gasteiger partial charge is 0.125 e. The fourth-order valence-corrected chi connectivity index (χ4v) is 2.89. The molecule has 106 valence electrons. The summed E-state index contributed by atoms with van der Waals surface area (Å²) in [6, 6.07) is 10.7. The summed E-state index contributed by atoms with van der Waals surface area (Å²) < 4.78 is 6.10. The predicted octanol–water partition coefficient (Wildman–Crippen LogP) is 5.39. The lowest BCUT2D eigenvalue weighted by molar-refractivity contribution is 0.300. The highest BCUT2D eigenvalue weighted by Gasteiger charge is 2.08. The highest BCUT2D eigenvalue weighted by atomic mass is 79.9. The lowest BCUT2D eigenvalue weighted by Gasteiger charge is -2.16. The Balaban J connectivity index is 2.23. The highest BCUT2D eigenvalue weighted by molar-refractivity contribution is 9.08. The molecule has 0 saturated carbocycles. The Morgan fingerprint density at radius 2 is 1.45 bits per heavy atom. The summed E-state index contributed by atoms with van der Waals surface area (Å²) in [5.74, 6) is 1.01. The molecule has 0 fully saturated rings. The van der Waals surface area contributed by atoms with Gasteiger partial charge in [0.2, 0.25) is 0 Å². The van der Waals surface area contributed by atoms with Gasteiger partial charge in [0.05, 0.1) is 0 Å². The molecule has 2 aromatic rings. The fraction of sp³-hybridized carbons (Fsp3) is 0.333. The van der Waals surface area contributed by atoms with Crippen LogP contribution >= 0.6 is 15.9 Å². The molecule has 20 heavy (non-hydrogen) atoms. The second-order valence-electron chi connectivity index (χ2n) is 5.35. The standard InChI is InChI=1S/C18H21BrO/c1-12-6-5-7-13(2)17(12)11-20-18-14(3)8-16(10-19)9-15(18)4/h5-9H,10-11H2,1-4H3. The van der Waals surface area contributed by atoms with E-state index in [0.717, 1.165) is 11.1 Å². The van der Waals surface area contributed by atoms with Gasteiger partial charge in [-0.1, -0.05) is 46.3 Å². The molecule has 0 unspecified atom stereocenters. The van der Waals surface area contributed by atoms with Gasteiger partial charge in [-0.2, -0.15) is 0 Å². The summed E-state index contributed by atoms with van der Waals surface area (Å²) in [5, 5.41) is 0.881. The van der Waals surface area contributed by atoms with Crippen LogP contribution < -0.4 is 4.74 Å². The first-order valence-electron chi connectivity index (χ1n) is 6.87. The summed E-state index contributed by atoms with van der Waals surface area (Å²) >= 11 is 3.50. The van der Waals surface area contributed by atoms with Gasteiger partial charge in [-0.15, -0.1) is 0 Å². The van der Waals surface area contributed by atoms with E-state index in [9.17, 15) is 0 Å². The van der Waals surface area contributed by atoms with Gasteiger partial charge in [-0.05, 0) is 61.1 Å². The number of aryl methyl sites for hydroxylation is 4.